The monoisotopic (exact) mass is 358 g/mol. The van der Waals surface area contributed by atoms with Crippen molar-refractivity contribution in [3.05, 3.63) is 28.2 Å². The number of ether oxygens (including phenoxy) is 2. The van der Waals surface area contributed by atoms with Crippen LogP contribution in [0.4, 0.5) is 5.69 Å². The fraction of sp³-hybridized carbons (Fsp3) is 0.562. The average Bonchev–Trinajstić information content (AvgIpc) is 2.99. The molecule has 1 aromatic carbocycles. The fourth-order valence-corrected chi connectivity index (χ4v) is 3.53. The number of amides is 1. The zero-order valence-corrected chi connectivity index (χ0v) is 14.3. The molecular weight excluding hydrogens is 339 g/mol. The van der Waals surface area contributed by atoms with E-state index in [2.05, 4.69) is 5.32 Å². The molecule has 7 heteroatoms. The molecule has 23 heavy (non-hydrogen) atoms. The molecule has 1 amide bonds. The lowest BCUT2D eigenvalue weighted by Gasteiger charge is -2.37. The maximum Gasteiger partial charge on any atom is 0.224 e. The minimum atomic E-state index is -0.444. The molecule has 2 aliphatic rings. The molecule has 0 aliphatic carbocycles. The number of nitrogens with one attached hydrogen (secondary N) is 1. The van der Waals surface area contributed by atoms with E-state index in [-0.39, 0.29) is 5.91 Å². The Bertz CT molecular complexity index is 546. The Balaban J connectivity index is 1.45. The highest BCUT2D eigenvalue weighted by Gasteiger charge is 2.40. The predicted molar refractivity (Wildman–Crippen MR) is 90.0 cm³/mol. The van der Waals surface area contributed by atoms with Crippen LogP contribution in [-0.4, -0.2) is 49.4 Å². The van der Waals surface area contributed by atoms with E-state index in [1.165, 1.54) is 0 Å². The average molecular weight is 359 g/mol. The number of halogens is 2. The molecule has 0 aromatic heterocycles. The lowest BCUT2D eigenvalue weighted by Crippen LogP contribution is -2.47. The highest BCUT2D eigenvalue weighted by molar-refractivity contribution is 6.39. The SMILES string of the molecule is O=C(CCNc1c(Cl)cccc1Cl)N1CCC2(CC1)OCCO2. The third-order valence-corrected chi connectivity index (χ3v) is 4.92. The number of hydrogen-bond donors (Lipinski definition) is 1. The second-order valence-corrected chi connectivity index (χ2v) is 6.58. The first-order valence-electron chi connectivity index (χ1n) is 7.83. The molecule has 0 atom stereocenters. The molecule has 0 bridgehead atoms. The van der Waals surface area contributed by atoms with E-state index in [0.29, 0.717) is 55.0 Å². The van der Waals surface area contributed by atoms with Crippen LogP contribution in [0.15, 0.2) is 18.2 Å². The van der Waals surface area contributed by atoms with E-state index in [1.807, 2.05) is 4.90 Å². The van der Waals surface area contributed by atoms with Gasteiger partial charge in [-0.3, -0.25) is 4.79 Å². The lowest BCUT2D eigenvalue weighted by molar-refractivity contribution is -0.187. The van der Waals surface area contributed by atoms with Gasteiger partial charge in [0.1, 0.15) is 0 Å². The summed E-state index contributed by atoms with van der Waals surface area (Å²) >= 11 is 12.2. The van der Waals surface area contributed by atoms with Crippen molar-refractivity contribution in [1.29, 1.82) is 0 Å². The molecule has 5 nitrogen and oxygen atoms in total. The molecule has 3 rings (SSSR count). The third-order valence-electron chi connectivity index (χ3n) is 4.29. The Morgan fingerprint density at radius 2 is 1.78 bits per heavy atom. The summed E-state index contributed by atoms with van der Waals surface area (Å²) in [6.07, 6.45) is 1.88. The summed E-state index contributed by atoms with van der Waals surface area (Å²) in [5.41, 5.74) is 0.675. The number of rotatable bonds is 4. The Morgan fingerprint density at radius 3 is 2.39 bits per heavy atom. The van der Waals surface area contributed by atoms with Gasteiger partial charge in [0.15, 0.2) is 5.79 Å². The van der Waals surface area contributed by atoms with Crippen molar-refractivity contribution in [2.45, 2.75) is 25.0 Å². The van der Waals surface area contributed by atoms with E-state index < -0.39 is 5.79 Å². The molecule has 1 spiro atoms. The standard InChI is InChI=1S/C16H20Cl2N2O3/c17-12-2-1-3-13(18)15(12)19-7-4-14(21)20-8-5-16(6-9-20)22-10-11-23-16/h1-3,19H,4-11H2. The number of piperidine rings is 1. The molecule has 126 valence electrons. The number of carbonyl (C=O) groups excluding carboxylic acids is 1. The zero-order valence-electron chi connectivity index (χ0n) is 12.8. The predicted octanol–water partition coefficient (Wildman–Crippen LogP) is 3.16. The minimum Gasteiger partial charge on any atom is -0.382 e. The normalized spacial score (nSPS) is 20.0. The Labute approximate surface area is 145 Å². The summed E-state index contributed by atoms with van der Waals surface area (Å²) in [5, 5.41) is 4.25. The molecule has 2 saturated heterocycles. The van der Waals surface area contributed by atoms with E-state index in [1.54, 1.807) is 18.2 Å². The minimum absolute atomic E-state index is 0.119. The largest absolute Gasteiger partial charge is 0.382 e. The van der Waals surface area contributed by atoms with Gasteiger partial charge >= 0.3 is 0 Å². The second-order valence-electron chi connectivity index (χ2n) is 5.76. The van der Waals surface area contributed by atoms with Gasteiger partial charge in [-0.05, 0) is 12.1 Å². The number of likely N-dealkylation sites (tertiary alicyclic amines) is 1. The number of anilines is 1. The summed E-state index contributed by atoms with van der Waals surface area (Å²) in [6.45, 7) is 3.14. The maximum atomic E-state index is 12.3. The molecule has 0 saturated carbocycles. The van der Waals surface area contributed by atoms with Crippen LogP contribution in [0.5, 0.6) is 0 Å². The molecule has 2 heterocycles. The summed E-state index contributed by atoms with van der Waals surface area (Å²) < 4.78 is 11.3. The zero-order chi connectivity index (χ0) is 16.3. The number of hydrogen-bond acceptors (Lipinski definition) is 4. The molecule has 1 N–H and O–H groups in total. The van der Waals surface area contributed by atoms with Crippen LogP contribution in [0.25, 0.3) is 0 Å². The molecule has 0 radical (unpaired) electrons. The van der Waals surface area contributed by atoms with Gasteiger partial charge in [0.05, 0.1) is 28.9 Å². The van der Waals surface area contributed by atoms with Gasteiger partial charge < -0.3 is 19.7 Å². The smallest absolute Gasteiger partial charge is 0.224 e. The topological polar surface area (TPSA) is 50.8 Å². The van der Waals surface area contributed by atoms with Gasteiger partial charge in [0, 0.05) is 38.9 Å². The van der Waals surface area contributed by atoms with Crippen molar-refractivity contribution >= 4 is 34.8 Å². The summed E-state index contributed by atoms with van der Waals surface area (Å²) in [7, 11) is 0. The van der Waals surface area contributed by atoms with Crippen molar-refractivity contribution in [3.8, 4) is 0 Å². The maximum absolute atomic E-state index is 12.3. The summed E-state index contributed by atoms with van der Waals surface area (Å²) in [6, 6.07) is 5.32. The van der Waals surface area contributed by atoms with Gasteiger partial charge in [0.2, 0.25) is 5.91 Å². The van der Waals surface area contributed by atoms with Crippen LogP contribution in [-0.2, 0) is 14.3 Å². The highest BCUT2D eigenvalue weighted by Crippen LogP contribution is 2.32. The number of benzene rings is 1. The number of nitrogens with zero attached hydrogens (tertiary/aromatic N) is 1. The fourth-order valence-electron chi connectivity index (χ4n) is 3.00. The van der Waals surface area contributed by atoms with Crippen molar-refractivity contribution in [2.75, 3.05) is 38.2 Å². The van der Waals surface area contributed by atoms with Crippen LogP contribution >= 0.6 is 23.2 Å². The lowest BCUT2D eigenvalue weighted by atomic mass is 10.0. The highest BCUT2D eigenvalue weighted by atomic mass is 35.5. The molecule has 0 unspecified atom stereocenters. The Kier molecular flexibility index (Phi) is 5.31. The quantitative estimate of drug-likeness (QED) is 0.897. The summed E-state index contributed by atoms with van der Waals surface area (Å²) in [5.74, 6) is -0.325. The van der Waals surface area contributed by atoms with Gasteiger partial charge in [-0.1, -0.05) is 29.3 Å². The first-order chi connectivity index (χ1) is 11.1. The van der Waals surface area contributed by atoms with Gasteiger partial charge in [-0.15, -0.1) is 0 Å². The van der Waals surface area contributed by atoms with E-state index in [9.17, 15) is 4.79 Å². The molecular formula is C16H20Cl2N2O3. The van der Waals surface area contributed by atoms with Crippen LogP contribution in [0.3, 0.4) is 0 Å². The van der Waals surface area contributed by atoms with Gasteiger partial charge in [0.25, 0.3) is 0 Å². The van der Waals surface area contributed by atoms with E-state index >= 15 is 0 Å². The summed E-state index contributed by atoms with van der Waals surface area (Å²) in [4.78, 5) is 14.2. The van der Waals surface area contributed by atoms with Crippen LogP contribution in [0.1, 0.15) is 19.3 Å². The first-order valence-corrected chi connectivity index (χ1v) is 8.59. The van der Waals surface area contributed by atoms with Crippen molar-refractivity contribution in [1.82, 2.24) is 4.90 Å². The van der Waals surface area contributed by atoms with Crippen molar-refractivity contribution in [3.63, 3.8) is 0 Å². The molecule has 2 fully saturated rings. The molecule has 1 aromatic rings. The number of para-hydroxylation sites is 1. The van der Waals surface area contributed by atoms with E-state index in [4.69, 9.17) is 32.7 Å². The molecule has 2 aliphatic heterocycles. The van der Waals surface area contributed by atoms with Crippen LogP contribution in [0.2, 0.25) is 10.0 Å². The third kappa shape index (κ3) is 3.91. The van der Waals surface area contributed by atoms with E-state index in [0.717, 1.165) is 12.8 Å². The van der Waals surface area contributed by atoms with Crippen molar-refractivity contribution < 1.29 is 14.3 Å². The number of carbonyl (C=O) groups is 1. The second kappa shape index (κ2) is 7.26. The van der Waals surface area contributed by atoms with Crippen molar-refractivity contribution in [2.24, 2.45) is 0 Å². The Morgan fingerprint density at radius 1 is 1.17 bits per heavy atom. The van der Waals surface area contributed by atoms with Gasteiger partial charge in [-0.25, -0.2) is 0 Å². The first kappa shape index (κ1) is 16.8. The Hall–Kier alpha value is -1.01. The van der Waals surface area contributed by atoms with Crippen LogP contribution < -0.4 is 5.32 Å². The van der Waals surface area contributed by atoms with Crippen LogP contribution in [0, 0.1) is 0 Å². The van der Waals surface area contributed by atoms with Gasteiger partial charge in [-0.2, -0.15) is 0 Å².